The summed E-state index contributed by atoms with van der Waals surface area (Å²) in [5.41, 5.74) is 0.256. The van der Waals surface area contributed by atoms with Crippen molar-refractivity contribution in [2.75, 3.05) is 27.2 Å². The second-order valence-corrected chi connectivity index (χ2v) is 6.92. The van der Waals surface area contributed by atoms with Crippen molar-refractivity contribution in [1.29, 1.82) is 0 Å². The van der Waals surface area contributed by atoms with E-state index in [0.717, 1.165) is 23.1 Å². The van der Waals surface area contributed by atoms with Gasteiger partial charge >= 0.3 is 5.69 Å². The van der Waals surface area contributed by atoms with Crippen LogP contribution in [0.2, 0.25) is 0 Å². The molecule has 3 N–H and O–H groups in total. The molecule has 140 valence electrons. The lowest BCUT2D eigenvalue weighted by atomic mass is 10.0. The van der Waals surface area contributed by atoms with E-state index in [-0.39, 0.29) is 5.56 Å². The van der Waals surface area contributed by atoms with Gasteiger partial charge in [-0.3, -0.25) is 14.8 Å². The smallest absolute Gasteiger partial charge is 0.335 e. The summed E-state index contributed by atoms with van der Waals surface area (Å²) in [5.74, 6) is -0.0466. The Hall–Kier alpha value is -2.67. The third kappa shape index (κ3) is 4.70. The number of H-pyrrole nitrogens is 1. The van der Waals surface area contributed by atoms with Gasteiger partial charge in [-0.1, -0.05) is 26.0 Å². The fourth-order valence-electron chi connectivity index (χ4n) is 2.58. The van der Waals surface area contributed by atoms with Gasteiger partial charge in [0.2, 0.25) is 5.88 Å². The summed E-state index contributed by atoms with van der Waals surface area (Å²) in [6, 6.07) is 7.29. The SMILES string of the molecule is CC(C)c1ccc(-n2c(O)c(C=NCCC[NH+](C)C)c(=O)[nH]c2=O)cc1. The van der Waals surface area contributed by atoms with E-state index in [1.165, 1.54) is 11.1 Å². The minimum Gasteiger partial charge on any atom is -0.493 e. The van der Waals surface area contributed by atoms with Crippen molar-refractivity contribution in [3.63, 3.8) is 0 Å². The van der Waals surface area contributed by atoms with E-state index in [1.54, 1.807) is 12.1 Å². The molecule has 0 unspecified atom stereocenters. The zero-order chi connectivity index (χ0) is 19.3. The minimum atomic E-state index is -0.682. The Morgan fingerprint density at radius 3 is 2.46 bits per heavy atom. The normalized spacial score (nSPS) is 11.8. The fourth-order valence-corrected chi connectivity index (χ4v) is 2.58. The first-order valence-corrected chi connectivity index (χ1v) is 8.78. The summed E-state index contributed by atoms with van der Waals surface area (Å²) >= 11 is 0. The molecule has 1 heterocycles. The number of aromatic hydroxyl groups is 1. The molecule has 1 aromatic heterocycles. The number of benzene rings is 1. The first-order chi connectivity index (χ1) is 12.3. The van der Waals surface area contributed by atoms with Crippen LogP contribution < -0.4 is 16.1 Å². The van der Waals surface area contributed by atoms with Crippen LogP contribution >= 0.6 is 0 Å². The molecule has 7 heteroatoms. The number of rotatable bonds is 7. The lowest BCUT2D eigenvalue weighted by Crippen LogP contribution is -3.05. The average Bonchev–Trinajstić information content (AvgIpc) is 2.57. The Kier molecular flexibility index (Phi) is 6.52. The third-order valence-electron chi connectivity index (χ3n) is 4.12. The predicted molar refractivity (Wildman–Crippen MR) is 103 cm³/mol. The largest absolute Gasteiger partial charge is 0.493 e. The van der Waals surface area contributed by atoms with Gasteiger partial charge in [0.25, 0.3) is 5.56 Å². The van der Waals surface area contributed by atoms with E-state index in [9.17, 15) is 14.7 Å². The molecule has 7 nitrogen and oxygen atoms in total. The van der Waals surface area contributed by atoms with Gasteiger partial charge < -0.3 is 10.0 Å². The number of aromatic amines is 1. The van der Waals surface area contributed by atoms with Crippen LogP contribution in [0.15, 0.2) is 38.8 Å². The quantitative estimate of drug-likeness (QED) is 0.491. The van der Waals surface area contributed by atoms with Gasteiger partial charge in [0.15, 0.2) is 0 Å². The van der Waals surface area contributed by atoms with Crippen molar-refractivity contribution in [3.05, 3.63) is 56.2 Å². The van der Waals surface area contributed by atoms with Gasteiger partial charge in [-0.2, -0.15) is 0 Å². The molecule has 1 aromatic carbocycles. The van der Waals surface area contributed by atoms with Crippen molar-refractivity contribution in [1.82, 2.24) is 9.55 Å². The predicted octanol–water partition coefficient (Wildman–Crippen LogP) is 0.308. The molecule has 0 radical (unpaired) electrons. The highest BCUT2D eigenvalue weighted by Gasteiger charge is 2.14. The number of nitrogens with zero attached hydrogens (tertiary/aromatic N) is 2. The molecule has 0 aliphatic rings. The van der Waals surface area contributed by atoms with Crippen molar-refractivity contribution < 1.29 is 10.0 Å². The molecule has 0 atom stereocenters. The van der Waals surface area contributed by atoms with E-state index in [0.29, 0.717) is 18.2 Å². The number of nitrogens with one attached hydrogen (secondary N) is 2. The fraction of sp³-hybridized carbons (Fsp3) is 0.421. The standard InChI is InChI=1S/C19H26N4O3/c1-13(2)14-6-8-15(9-7-14)23-18(25)16(17(24)21-19(23)26)12-20-10-5-11-22(3)4/h6-9,12-13,25H,5,10-11H2,1-4H3,(H,21,24,26)/p+1. The molecule has 0 spiro atoms. The Morgan fingerprint density at radius 2 is 1.88 bits per heavy atom. The first kappa shape index (κ1) is 19.7. The molecule has 0 aliphatic heterocycles. The van der Waals surface area contributed by atoms with E-state index in [4.69, 9.17) is 0 Å². The van der Waals surface area contributed by atoms with Crippen LogP contribution in [0.25, 0.3) is 5.69 Å². The van der Waals surface area contributed by atoms with E-state index < -0.39 is 17.1 Å². The summed E-state index contributed by atoms with van der Waals surface area (Å²) in [6.07, 6.45) is 2.20. The molecule has 0 fully saturated rings. The van der Waals surface area contributed by atoms with Crippen molar-refractivity contribution >= 4 is 6.21 Å². The van der Waals surface area contributed by atoms with Crippen LogP contribution in [-0.2, 0) is 0 Å². The van der Waals surface area contributed by atoms with Crippen LogP contribution in [0.3, 0.4) is 0 Å². The average molecular weight is 359 g/mol. The second-order valence-electron chi connectivity index (χ2n) is 6.92. The van der Waals surface area contributed by atoms with Gasteiger partial charge in [-0.15, -0.1) is 0 Å². The van der Waals surface area contributed by atoms with E-state index in [1.807, 2.05) is 12.1 Å². The van der Waals surface area contributed by atoms with Gasteiger partial charge in [0, 0.05) is 19.2 Å². The first-order valence-electron chi connectivity index (χ1n) is 8.78. The molecule has 0 bridgehead atoms. The zero-order valence-electron chi connectivity index (χ0n) is 15.7. The van der Waals surface area contributed by atoms with Gasteiger partial charge in [0.05, 0.1) is 26.3 Å². The maximum atomic E-state index is 12.2. The van der Waals surface area contributed by atoms with Crippen LogP contribution in [0.5, 0.6) is 5.88 Å². The molecule has 26 heavy (non-hydrogen) atoms. The summed E-state index contributed by atoms with van der Waals surface area (Å²) in [5, 5.41) is 10.5. The molecule has 0 aliphatic carbocycles. The third-order valence-corrected chi connectivity index (χ3v) is 4.12. The molecular weight excluding hydrogens is 332 g/mol. The number of hydrogen-bond donors (Lipinski definition) is 3. The topological polar surface area (TPSA) is 91.9 Å². The number of aliphatic imine (C=N–C) groups is 1. The second kappa shape index (κ2) is 8.62. The monoisotopic (exact) mass is 359 g/mol. The van der Waals surface area contributed by atoms with Crippen LogP contribution in [0.1, 0.15) is 37.3 Å². The van der Waals surface area contributed by atoms with Crippen LogP contribution in [0.4, 0.5) is 0 Å². The highest BCUT2D eigenvalue weighted by atomic mass is 16.3. The van der Waals surface area contributed by atoms with Crippen molar-refractivity contribution in [3.8, 4) is 11.6 Å². The van der Waals surface area contributed by atoms with Crippen LogP contribution in [0, 0.1) is 0 Å². The Balaban J connectivity index is 2.35. The van der Waals surface area contributed by atoms with Gasteiger partial charge in [-0.25, -0.2) is 9.36 Å². The molecule has 0 saturated carbocycles. The Labute approximate surface area is 152 Å². The van der Waals surface area contributed by atoms with E-state index >= 15 is 0 Å². The van der Waals surface area contributed by atoms with E-state index in [2.05, 4.69) is 37.9 Å². The summed E-state index contributed by atoms with van der Waals surface area (Å²) in [7, 11) is 4.11. The maximum Gasteiger partial charge on any atom is 0.335 e. The zero-order valence-corrected chi connectivity index (χ0v) is 15.7. The van der Waals surface area contributed by atoms with Gasteiger partial charge in [0.1, 0.15) is 5.56 Å². The minimum absolute atomic E-state index is 0.0188. The molecule has 2 aromatic rings. The Bertz CT molecular complexity index is 877. The lowest BCUT2D eigenvalue weighted by Gasteiger charge is -2.11. The summed E-state index contributed by atoms with van der Waals surface area (Å²) in [4.78, 5) is 32.0. The summed E-state index contributed by atoms with van der Waals surface area (Å²) in [6.45, 7) is 5.66. The number of quaternary nitrogens is 1. The lowest BCUT2D eigenvalue weighted by molar-refractivity contribution is -0.858. The Morgan fingerprint density at radius 1 is 1.23 bits per heavy atom. The molecule has 2 rings (SSSR count). The molecular formula is C19H27N4O3+. The maximum absolute atomic E-state index is 12.2. The van der Waals surface area contributed by atoms with Crippen LogP contribution in [-0.4, -0.2) is 48.1 Å². The molecule has 0 amide bonds. The highest BCUT2D eigenvalue weighted by molar-refractivity contribution is 5.82. The van der Waals surface area contributed by atoms with Crippen molar-refractivity contribution in [2.24, 2.45) is 4.99 Å². The number of hydrogen-bond acceptors (Lipinski definition) is 4. The number of aromatic nitrogens is 2. The van der Waals surface area contributed by atoms with Gasteiger partial charge in [-0.05, 0) is 23.6 Å². The molecule has 0 saturated heterocycles. The highest BCUT2D eigenvalue weighted by Crippen LogP contribution is 2.19. The summed E-state index contributed by atoms with van der Waals surface area (Å²) < 4.78 is 1.08. The van der Waals surface area contributed by atoms with Crippen molar-refractivity contribution in [2.45, 2.75) is 26.2 Å².